The van der Waals surface area contributed by atoms with Crippen molar-refractivity contribution < 1.29 is 9.90 Å². The van der Waals surface area contributed by atoms with Crippen molar-refractivity contribution in [3.05, 3.63) is 29.6 Å². The SMILES string of the molecule is CC(C)c1ccc(C(=O)NCC(O)C2CCCC2)cn1. The maximum atomic E-state index is 12.0. The highest BCUT2D eigenvalue weighted by molar-refractivity contribution is 5.93. The zero-order chi connectivity index (χ0) is 14.5. The molecule has 2 N–H and O–H groups in total. The lowest BCUT2D eigenvalue weighted by atomic mass is 10.0. The van der Waals surface area contributed by atoms with Gasteiger partial charge < -0.3 is 10.4 Å². The zero-order valence-corrected chi connectivity index (χ0v) is 12.3. The minimum absolute atomic E-state index is 0.162. The number of hydrogen-bond acceptors (Lipinski definition) is 3. The number of nitrogens with one attached hydrogen (secondary N) is 1. The lowest BCUT2D eigenvalue weighted by Gasteiger charge is -2.18. The number of pyridine rings is 1. The molecule has 1 unspecified atom stereocenters. The summed E-state index contributed by atoms with van der Waals surface area (Å²) in [6.45, 7) is 4.47. The van der Waals surface area contributed by atoms with Gasteiger partial charge in [0, 0.05) is 18.4 Å². The van der Waals surface area contributed by atoms with E-state index in [1.165, 1.54) is 12.8 Å². The van der Waals surface area contributed by atoms with Gasteiger partial charge in [-0.25, -0.2) is 0 Å². The van der Waals surface area contributed by atoms with Crippen LogP contribution in [0.1, 0.15) is 61.5 Å². The summed E-state index contributed by atoms with van der Waals surface area (Å²) in [5, 5.41) is 12.8. The summed E-state index contributed by atoms with van der Waals surface area (Å²) in [4.78, 5) is 16.3. The summed E-state index contributed by atoms with van der Waals surface area (Å²) in [5.41, 5.74) is 1.53. The van der Waals surface area contributed by atoms with Crippen LogP contribution in [0, 0.1) is 5.92 Å². The molecule has 110 valence electrons. The van der Waals surface area contributed by atoms with Crippen LogP contribution in [-0.2, 0) is 0 Å². The van der Waals surface area contributed by atoms with Crippen molar-refractivity contribution in [3.8, 4) is 0 Å². The second kappa shape index (κ2) is 6.84. The van der Waals surface area contributed by atoms with E-state index >= 15 is 0 Å². The Morgan fingerprint density at radius 1 is 1.40 bits per heavy atom. The molecule has 1 amide bonds. The van der Waals surface area contributed by atoms with Gasteiger partial charge in [0.2, 0.25) is 0 Å². The van der Waals surface area contributed by atoms with Crippen molar-refractivity contribution in [2.24, 2.45) is 5.92 Å². The number of hydrogen-bond donors (Lipinski definition) is 2. The molecule has 1 fully saturated rings. The van der Waals surface area contributed by atoms with Crippen molar-refractivity contribution in [1.82, 2.24) is 10.3 Å². The molecule has 1 heterocycles. The van der Waals surface area contributed by atoms with E-state index in [2.05, 4.69) is 24.1 Å². The van der Waals surface area contributed by atoms with Crippen molar-refractivity contribution in [2.75, 3.05) is 6.54 Å². The number of carbonyl (C=O) groups is 1. The average Bonchev–Trinajstić information content (AvgIpc) is 2.98. The van der Waals surface area contributed by atoms with E-state index in [4.69, 9.17) is 0 Å². The molecule has 1 aliphatic carbocycles. The lowest BCUT2D eigenvalue weighted by molar-refractivity contribution is 0.0840. The third kappa shape index (κ3) is 3.79. The van der Waals surface area contributed by atoms with Crippen LogP contribution in [0.5, 0.6) is 0 Å². The van der Waals surface area contributed by atoms with Crippen molar-refractivity contribution in [1.29, 1.82) is 0 Å². The van der Waals surface area contributed by atoms with Gasteiger partial charge in [-0.15, -0.1) is 0 Å². The number of aliphatic hydroxyl groups excluding tert-OH is 1. The zero-order valence-electron chi connectivity index (χ0n) is 12.3. The highest BCUT2D eigenvalue weighted by Crippen LogP contribution is 2.27. The fourth-order valence-corrected chi connectivity index (χ4v) is 2.69. The number of aromatic nitrogens is 1. The van der Waals surface area contributed by atoms with E-state index in [-0.39, 0.29) is 5.91 Å². The molecule has 0 aromatic carbocycles. The quantitative estimate of drug-likeness (QED) is 0.868. The van der Waals surface area contributed by atoms with Gasteiger partial charge in [0.05, 0.1) is 11.7 Å². The van der Waals surface area contributed by atoms with Crippen LogP contribution < -0.4 is 5.32 Å². The predicted molar refractivity (Wildman–Crippen MR) is 78.6 cm³/mol. The number of nitrogens with zero attached hydrogens (tertiary/aromatic N) is 1. The summed E-state index contributed by atoms with van der Waals surface area (Å²) in [6, 6.07) is 3.67. The monoisotopic (exact) mass is 276 g/mol. The third-order valence-electron chi connectivity index (χ3n) is 4.06. The van der Waals surface area contributed by atoms with Crippen LogP contribution in [0.25, 0.3) is 0 Å². The Bertz CT molecular complexity index is 436. The topological polar surface area (TPSA) is 62.2 Å². The molecule has 0 spiro atoms. The fraction of sp³-hybridized carbons (Fsp3) is 0.625. The molecular formula is C16H24N2O2. The van der Waals surface area contributed by atoms with Crippen molar-refractivity contribution in [3.63, 3.8) is 0 Å². The summed E-state index contributed by atoms with van der Waals surface area (Å²) >= 11 is 0. The van der Waals surface area contributed by atoms with Crippen LogP contribution in [0.2, 0.25) is 0 Å². The van der Waals surface area contributed by atoms with Crippen LogP contribution >= 0.6 is 0 Å². The van der Waals surface area contributed by atoms with Crippen molar-refractivity contribution >= 4 is 5.91 Å². The van der Waals surface area contributed by atoms with Gasteiger partial charge in [-0.2, -0.15) is 0 Å². The highest BCUT2D eigenvalue weighted by atomic mass is 16.3. The van der Waals surface area contributed by atoms with Crippen LogP contribution in [0.3, 0.4) is 0 Å². The average molecular weight is 276 g/mol. The first-order chi connectivity index (χ1) is 9.58. The van der Waals surface area contributed by atoms with E-state index < -0.39 is 6.10 Å². The number of amides is 1. The van der Waals surface area contributed by atoms with Gasteiger partial charge >= 0.3 is 0 Å². The van der Waals surface area contributed by atoms with Gasteiger partial charge in [-0.3, -0.25) is 9.78 Å². The van der Waals surface area contributed by atoms with Crippen LogP contribution in [0.15, 0.2) is 18.3 Å². The van der Waals surface area contributed by atoms with Gasteiger partial charge in [0.25, 0.3) is 5.91 Å². The fourth-order valence-electron chi connectivity index (χ4n) is 2.69. The minimum Gasteiger partial charge on any atom is -0.391 e. The van der Waals surface area contributed by atoms with Gasteiger partial charge in [0.1, 0.15) is 0 Å². The molecule has 0 radical (unpaired) electrons. The van der Waals surface area contributed by atoms with E-state index in [1.54, 1.807) is 12.3 Å². The maximum absolute atomic E-state index is 12.0. The molecule has 1 atom stereocenters. The summed E-state index contributed by atoms with van der Waals surface area (Å²) in [7, 11) is 0. The first kappa shape index (κ1) is 15.0. The predicted octanol–water partition coefficient (Wildman–Crippen LogP) is 2.49. The van der Waals surface area contributed by atoms with Crippen LogP contribution in [0.4, 0.5) is 0 Å². The van der Waals surface area contributed by atoms with E-state index in [0.29, 0.717) is 23.9 Å². The van der Waals surface area contributed by atoms with Crippen molar-refractivity contribution in [2.45, 2.75) is 51.6 Å². The Morgan fingerprint density at radius 3 is 2.65 bits per heavy atom. The van der Waals surface area contributed by atoms with Gasteiger partial charge in [0.15, 0.2) is 0 Å². The van der Waals surface area contributed by atoms with E-state index in [9.17, 15) is 9.90 Å². The summed E-state index contributed by atoms with van der Waals surface area (Å²) < 4.78 is 0. The van der Waals surface area contributed by atoms with E-state index in [1.807, 2.05) is 6.07 Å². The second-order valence-electron chi connectivity index (χ2n) is 5.95. The molecule has 20 heavy (non-hydrogen) atoms. The number of aliphatic hydroxyl groups is 1. The number of carbonyl (C=O) groups excluding carboxylic acids is 1. The largest absolute Gasteiger partial charge is 0.391 e. The lowest BCUT2D eigenvalue weighted by Crippen LogP contribution is -2.35. The Balaban J connectivity index is 1.84. The highest BCUT2D eigenvalue weighted by Gasteiger charge is 2.23. The molecule has 1 saturated carbocycles. The smallest absolute Gasteiger partial charge is 0.252 e. The van der Waals surface area contributed by atoms with Gasteiger partial charge in [-0.05, 0) is 36.8 Å². The molecule has 0 aliphatic heterocycles. The molecule has 1 aliphatic rings. The van der Waals surface area contributed by atoms with Crippen LogP contribution in [-0.4, -0.2) is 28.6 Å². The Labute approximate surface area is 120 Å². The third-order valence-corrected chi connectivity index (χ3v) is 4.06. The molecule has 0 saturated heterocycles. The number of rotatable bonds is 5. The normalized spacial score (nSPS) is 17.4. The molecule has 1 aromatic heterocycles. The summed E-state index contributed by atoms with van der Waals surface area (Å²) in [6.07, 6.45) is 5.70. The first-order valence-electron chi connectivity index (χ1n) is 7.50. The second-order valence-corrected chi connectivity index (χ2v) is 5.95. The molecule has 2 rings (SSSR count). The maximum Gasteiger partial charge on any atom is 0.252 e. The Hall–Kier alpha value is -1.42. The minimum atomic E-state index is -0.427. The Morgan fingerprint density at radius 2 is 2.10 bits per heavy atom. The van der Waals surface area contributed by atoms with Gasteiger partial charge in [-0.1, -0.05) is 26.7 Å². The standard InChI is InChI=1S/C16H24N2O2/c1-11(2)14-8-7-13(9-17-14)16(20)18-10-15(19)12-5-3-4-6-12/h7-9,11-12,15,19H,3-6,10H2,1-2H3,(H,18,20). The summed E-state index contributed by atoms with van der Waals surface area (Å²) in [5.74, 6) is 0.540. The molecule has 4 heteroatoms. The molecular weight excluding hydrogens is 252 g/mol. The molecule has 1 aromatic rings. The van der Waals surface area contributed by atoms with E-state index in [0.717, 1.165) is 18.5 Å². The Kier molecular flexibility index (Phi) is 5.12. The first-order valence-corrected chi connectivity index (χ1v) is 7.50. The molecule has 0 bridgehead atoms. The molecule has 4 nitrogen and oxygen atoms in total.